The molecule has 1 amide bonds. The van der Waals surface area contributed by atoms with Crippen LogP contribution in [-0.2, 0) is 10.2 Å². The van der Waals surface area contributed by atoms with Crippen molar-refractivity contribution in [3.63, 3.8) is 0 Å². The fourth-order valence-electron chi connectivity index (χ4n) is 2.65. The van der Waals surface area contributed by atoms with Crippen molar-refractivity contribution in [2.75, 3.05) is 6.54 Å². The van der Waals surface area contributed by atoms with Gasteiger partial charge in [0.25, 0.3) is 0 Å². The third kappa shape index (κ3) is 3.23. The van der Waals surface area contributed by atoms with Gasteiger partial charge < -0.3 is 11.1 Å². The average molecular weight is 339 g/mol. The molecule has 1 aromatic rings. The van der Waals surface area contributed by atoms with Gasteiger partial charge in [-0.2, -0.15) is 0 Å². The molecule has 0 bridgehead atoms. The highest BCUT2D eigenvalue weighted by atomic mass is 79.9. The Labute approximate surface area is 129 Å². The van der Waals surface area contributed by atoms with Crippen molar-refractivity contribution in [2.24, 2.45) is 11.7 Å². The van der Waals surface area contributed by atoms with E-state index in [1.165, 1.54) is 12.0 Å². The lowest BCUT2D eigenvalue weighted by Gasteiger charge is -2.43. The topological polar surface area (TPSA) is 55.1 Å². The first-order valence-electron chi connectivity index (χ1n) is 7.24. The number of carbonyl (C=O) groups excluding carboxylic acids is 1. The van der Waals surface area contributed by atoms with Crippen LogP contribution < -0.4 is 11.1 Å². The molecule has 3 nitrogen and oxygen atoms in total. The predicted molar refractivity (Wildman–Crippen MR) is 85.5 cm³/mol. The first-order valence-corrected chi connectivity index (χ1v) is 8.03. The predicted octanol–water partition coefficient (Wildman–Crippen LogP) is 2.97. The zero-order chi connectivity index (χ0) is 14.8. The van der Waals surface area contributed by atoms with E-state index in [1.54, 1.807) is 0 Å². The molecule has 2 rings (SSSR count). The lowest BCUT2D eigenvalue weighted by molar-refractivity contribution is -0.125. The minimum Gasteiger partial charge on any atom is -0.355 e. The molecular formula is C16H23BrN2O. The maximum atomic E-state index is 12.1. The van der Waals surface area contributed by atoms with E-state index < -0.39 is 0 Å². The Balaban J connectivity index is 2.04. The van der Waals surface area contributed by atoms with Crippen molar-refractivity contribution in [3.05, 3.63) is 34.3 Å². The molecule has 3 N–H and O–H groups in total. The van der Waals surface area contributed by atoms with E-state index in [4.69, 9.17) is 5.73 Å². The molecular weight excluding hydrogens is 316 g/mol. The number of hydrogen-bond donors (Lipinski definition) is 2. The zero-order valence-electron chi connectivity index (χ0n) is 12.2. The Hall–Kier alpha value is -0.870. The number of halogens is 1. The highest BCUT2D eigenvalue weighted by Crippen LogP contribution is 2.43. The van der Waals surface area contributed by atoms with Crippen LogP contribution in [0.25, 0.3) is 0 Å². The zero-order valence-corrected chi connectivity index (χ0v) is 13.7. The maximum Gasteiger partial charge on any atom is 0.224 e. The summed E-state index contributed by atoms with van der Waals surface area (Å²) in [5.41, 5.74) is 7.21. The van der Waals surface area contributed by atoms with Crippen LogP contribution in [-0.4, -0.2) is 18.5 Å². The molecule has 0 spiro atoms. The molecule has 0 radical (unpaired) electrons. The Kier molecular flexibility index (Phi) is 4.86. The Morgan fingerprint density at radius 3 is 2.65 bits per heavy atom. The lowest BCUT2D eigenvalue weighted by atomic mass is 9.64. The van der Waals surface area contributed by atoms with Gasteiger partial charge in [0.05, 0.1) is 0 Å². The lowest BCUT2D eigenvalue weighted by Crippen LogP contribution is -2.48. The van der Waals surface area contributed by atoms with Crippen molar-refractivity contribution in [1.82, 2.24) is 5.32 Å². The van der Waals surface area contributed by atoms with Crippen LogP contribution in [0.2, 0.25) is 0 Å². The van der Waals surface area contributed by atoms with Gasteiger partial charge in [-0.15, -0.1) is 0 Å². The molecule has 4 heteroatoms. The number of rotatable bonds is 5. The van der Waals surface area contributed by atoms with E-state index in [-0.39, 0.29) is 23.3 Å². The number of nitrogens with one attached hydrogen (secondary N) is 1. The smallest absolute Gasteiger partial charge is 0.224 e. The minimum atomic E-state index is -0.144. The van der Waals surface area contributed by atoms with Gasteiger partial charge in [0, 0.05) is 28.4 Å². The second kappa shape index (κ2) is 6.27. The summed E-state index contributed by atoms with van der Waals surface area (Å²) in [6, 6.07) is 8.31. The summed E-state index contributed by atoms with van der Waals surface area (Å²) >= 11 is 3.53. The summed E-state index contributed by atoms with van der Waals surface area (Å²) in [6.07, 6.45) is 3.50. The SMILES string of the molecule is CC(N)C(C)C(=O)NCC1(c2cccc(Br)c2)CCC1. The molecule has 0 aromatic heterocycles. The Morgan fingerprint density at radius 2 is 2.15 bits per heavy atom. The average Bonchev–Trinajstić information content (AvgIpc) is 2.36. The van der Waals surface area contributed by atoms with Crippen molar-refractivity contribution < 1.29 is 4.79 Å². The first-order chi connectivity index (χ1) is 9.44. The van der Waals surface area contributed by atoms with Crippen LogP contribution in [0.3, 0.4) is 0 Å². The van der Waals surface area contributed by atoms with E-state index >= 15 is 0 Å². The van der Waals surface area contributed by atoms with Gasteiger partial charge in [-0.3, -0.25) is 4.79 Å². The standard InChI is InChI=1S/C16H23BrN2O/c1-11(12(2)18)15(20)19-10-16(7-4-8-16)13-5-3-6-14(17)9-13/h3,5-6,9,11-12H,4,7-8,10,18H2,1-2H3,(H,19,20). The number of nitrogens with two attached hydrogens (primary N) is 1. The molecule has 1 fully saturated rings. The maximum absolute atomic E-state index is 12.1. The third-order valence-electron chi connectivity index (χ3n) is 4.55. The van der Waals surface area contributed by atoms with Gasteiger partial charge in [-0.25, -0.2) is 0 Å². The van der Waals surface area contributed by atoms with Crippen molar-refractivity contribution in [2.45, 2.75) is 44.6 Å². The summed E-state index contributed by atoms with van der Waals surface area (Å²) in [7, 11) is 0. The van der Waals surface area contributed by atoms with Crippen molar-refractivity contribution in [3.8, 4) is 0 Å². The molecule has 20 heavy (non-hydrogen) atoms. The van der Waals surface area contributed by atoms with E-state index in [1.807, 2.05) is 19.9 Å². The summed E-state index contributed by atoms with van der Waals surface area (Å²) in [6.45, 7) is 4.46. The van der Waals surface area contributed by atoms with Crippen molar-refractivity contribution >= 4 is 21.8 Å². The van der Waals surface area contributed by atoms with Gasteiger partial charge in [0.2, 0.25) is 5.91 Å². The second-order valence-electron chi connectivity index (χ2n) is 6.01. The Morgan fingerprint density at radius 1 is 1.45 bits per heavy atom. The molecule has 0 aliphatic heterocycles. The van der Waals surface area contributed by atoms with Gasteiger partial charge in [0.15, 0.2) is 0 Å². The molecule has 1 aliphatic rings. The number of hydrogen-bond acceptors (Lipinski definition) is 2. The number of benzene rings is 1. The fraction of sp³-hybridized carbons (Fsp3) is 0.562. The van der Waals surface area contributed by atoms with Gasteiger partial charge >= 0.3 is 0 Å². The van der Waals surface area contributed by atoms with E-state index in [2.05, 4.69) is 39.4 Å². The van der Waals surface area contributed by atoms with Crippen LogP contribution in [0.1, 0.15) is 38.7 Å². The third-order valence-corrected chi connectivity index (χ3v) is 5.04. The molecule has 0 saturated heterocycles. The summed E-state index contributed by atoms with van der Waals surface area (Å²) < 4.78 is 1.09. The van der Waals surface area contributed by atoms with Crippen molar-refractivity contribution in [1.29, 1.82) is 0 Å². The highest BCUT2D eigenvalue weighted by Gasteiger charge is 2.39. The normalized spacial score (nSPS) is 19.8. The second-order valence-corrected chi connectivity index (χ2v) is 6.93. The van der Waals surface area contributed by atoms with Gasteiger partial charge in [-0.05, 0) is 37.5 Å². The number of amides is 1. The summed E-state index contributed by atoms with van der Waals surface area (Å²) in [4.78, 5) is 12.1. The van der Waals surface area contributed by atoms with E-state index in [0.717, 1.165) is 17.3 Å². The molecule has 110 valence electrons. The van der Waals surface area contributed by atoms with Gasteiger partial charge in [-0.1, -0.05) is 41.4 Å². The van der Waals surface area contributed by atoms with Crippen LogP contribution in [0.15, 0.2) is 28.7 Å². The minimum absolute atomic E-state index is 0.0567. The van der Waals surface area contributed by atoms with Crippen LogP contribution >= 0.6 is 15.9 Å². The van der Waals surface area contributed by atoms with Crippen LogP contribution in [0.4, 0.5) is 0 Å². The van der Waals surface area contributed by atoms with Crippen LogP contribution in [0, 0.1) is 5.92 Å². The molecule has 1 aromatic carbocycles. The first kappa shape index (κ1) is 15.5. The summed E-state index contributed by atoms with van der Waals surface area (Å²) in [5, 5.41) is 3.09. The monoisotopic (exact) mass is 338 g/mol. The molecule has 2 unspecified atom stereocenters. The molecule has 2 atom stereocenters. The Bertz CT molecular complexity index is 483. The van der Waals surface area contributed by atoms with Crippen LogP contribution in [0.5, 0.6) is 0 Å². The van der Waals surface area contributed by atoms with Gasteiger partial charge in [0.1, 0.15) is 0 Å². The molecule has 1 saturated carbocycles. The van der Waals surface area contributed by atoms with E-state index in [9.17, 15) is 4.79 Å². The fourth-order valence-corrected chi connectivity index (χ4v) is 3.04. The largest absolute Gasteiger partial charge is 0.355 e. The number of carbonyl (C=O) groups is 1. The molecule has 1 aliphatic carbocycles. The quantitative estimate of drug-likeness (QED) is 0.867. The molecule has 0 heterocycles. The van der Waals surface area contributed by atoms with E-state index in [0.29, 0.717) is 6.54 Å². The summed E-state index contributed by atoms with van der Waals surface area (Å²) in [5.74, 6) is -0.0871. The highest BCUT2D eigenvalue weighted by molar-refractivity contribution is 9.10.